The van der Waals surface area contributed by atoms with Gasteiger partial charge in [-0.3, -0.25) is 0 Å². The minimum absolute atomic E-state index is 0.000000000000000222. The second-order valence-electron chi connectivity index (χ2n) is 0.623. The summed E-state index contributed by atoms with van der Waals surface area (Å²) in [6, 6.07) is 0. The van der Waals surface area contributed by atoms with Crippen LogP contribution in [-0.2, 0) is 0 Å². The van der Waals surface area contributed by atoms with Crippen molar-refractivity contribution >= 4 is 34.7 Å². The second kappa shape index (κ2) is 9.56. The fourth-order valence-corrected chi connectivity index (χ4v) is 0. The molecule has 0 bridgehead atoms. The van der Waals surface area contributed by atoms with E-state index in [1.54, 1.807) is 0 Å². The molecule has 0 heterocycles. The Morgan fingerprint density at radius 2 is 1.62 bits per heavy atom. The standard InChI is InChI=1S/CH2N2S.CH4N2S/c2-3-1-4;2-1(3)4/h2H2;(H4,2,3,4). The van der Waals surface area contributed by atoms with E-state index in [0.717, 1.165) is 0 Å². The van der Waals surface area contributed by atoms with Crippen LogP contribution < -0.4 is 17.3 Å². The summed E-state index contributed by atoms with van der Waals surface area (Å²) in [4.78, 5) is 0. The largest absolute Gasteiger partial charge is 0.377 e. The number of isothiocyanates is 1. The number of hydrazone groups is 1. The van der Waals surface area contributed by atoms with Gasteiger partial charge in [0.2, 0.25) is 0 Å². The molecule has 0 radical (unpaired) electrons. The third-order valence-electron chi connectivity index (χ3n) is 0.0527. The molecular weight excluding hydrogens is 144 g/mol. The van der Waals surface area contributed by atoms with Gasteiger partial charge in [0.15, 0.2) is 5.11 Å². The van der Waals surface area contributed by atoms with Crippen molar-refractivity contribution in [3.8, 4) is 0 Å². The highest BCUT2D eigenvalue weighted by molar-refractivity contribution is 7.80. The van der Waals surface area contributed by atoms with E-state index >= 15 is 0 Å². The van der Waals surface area contributed by atoms with Crippen LogP contribution in [0.3, 0.4) is 0 Å². The van der Waals surface area contributed by atoms with Crippen LogP contribution in [0.25, 0.3) is 0 Å². The Hall–Kier alpha value is -0.710. The van der Waals surface area contributed by atoms with E-state index in [1.807, 2.05) is 5.16 Å². The molecule has 0 fully saturated rings. The maximum Gasteiger partial charge on any atom is 0.160 e. The lowest BCUT2D eigenvalue weighted by atomic mass is 11.3. The Kier molecular flexibility index (Phi) is 12.3. The normalized spacial score (nSPS) is 5.00. The first kappa shape index (κ1) is 10.3. The third kappa shape index (κ3) is 1160. The number of thiocarbonyl (C=S) groups is 2. The van der Waals surface area contributed by atoms with Gasteiger partial charge in [-0.1, -0.05) is 0 Å². The van der Waals surface area contributed by atoms with Crippen LogP contribution in [0.4, 0.5) is 0 Å². The summed E-state index contributed by atoms with van der Waals surface area (Å²) in [5, 5.41) is 4.72. The van der Waals surface area contributed by atoms with Crippen LogP contribution in [0.5, 0.6) is 0 Å². The van der Waals surface area contributed by atoms with Crippen LogP contribution in [-0.4, -0.2) is 10.3 Å². The summed E-state index contributed by atoms with van der Waals surface area (Å²) < 4.78 is 0. The zero-order chi connectivity index (χ0) is 6.99. The van der Waals surface area contributed by atoms with Crippen LogP contribution in [0.2, 0.25) is 0 Å². The summed E-state index contributed by atoms with van der Waals surface area (Å²) in [6.45, 7) is 0. The Balaban J connectivity index is 0. The summed E-state index contributed by atoms with van der Waals surface area (Å²) in [6.07, 6.45) is 0. The number of nitrogens with zero attached hydrogens (tertiary/aromatic N) is 1. The minimum Gasteiger partial charge on any atom is -0.377 e. The van der Waals surface area contributed by atoms with Gasteiger partial charge in [-0.15, -0.1) is 5.10 Å². The molecule has 0 unspecified atom stereocenters. The molecule has 0 saturated carbocycles. The van der Waals surface area contributed by atoms with Gasteiger partial charge >= 0.3 is 0 Å². The Morgan fingerprint density at radius 1 is 1.50 bits per heavy atom. The Bertz CT molecular complexity index is 101. The van der Waals surface area contributed by atoms with Gasteiger partial charge < -0.3 is 17.3 Å². The lowest BCUT2D eigenvalue weighted by Gasteiger charge is -1.68. The molecule has 0 aliphatic rings. The lowest BCUT2D eigenvalue weighted by molar-refractivity contribution is 1.28. The van der Waals surface area contributed by atoms with Crippen molar-refractivity contribution in [3.05, 3.63) is 0 Å². The maximum absolute atomic E-state index is 4.62. The summed E-state index contributed by atoms with van der Waals surface area (Å²) in [5.74, 6) is 4.44. The van der Waals surface area contributed by atoms with E-state index in [-0.39, 0.29) is 5.11 Å². The molecule has 0 aromatic heterocycles. The molecule has 0 aromatic carbocycles. The predicted octanol–water partition coefficient (Wildman–Crippen LogP) is -0.848. The average molecular weight is 150 g/mol. The van der Waals surface area contributed by atoms with Crippen LogP contribution in [0.15, 0.2) is 5.10 Å². The van der Waals surface area contributed by atoms with Crippen LogP contribution in [0, 0.1) is 0 Å². The van der Waals surface area contributed by atoms with E-state index in [4.69, 9.17) is 0 Å². The molecule has 8 heavy (non-hydrogen) atoms. The molecule has 0 atom stereocenters. The van der Waals surface area contributed by atoms with Crippen LogP contribution >= 0.6 is 24.4 Å². The molecule has 0 spiro atoms. The summed E-state index contributed by atoms with van der Waals surface area (Å²) in [5.41, 5.74) is 9.24. The molecule has 4 nitrogen and oxygen atoms in total. The molecule has 0 aliphatic carbocycles. The SMILES string of the molecule is NC(N)=S.NN=C=S. The van der Waals surface area contributed by atoms with E-state index in [9.17, 15) is 0 Å². The molecule has 6 heteroatoms. The highest BCUT2D eigenvalue weighted by Gasteiger charge is 1.53. The first-order valence-electron chi connectivity index (χ1n) is 1.47. The van der Waals surface area contributed by atoms with Crippen molar-refractivity contribution in [3.63, 3.8) is 0 Å². The zero-order valence-electron chi connectivity index (χ0n) is 4.00. The van der Waals surface area contributed by atoms with Gasteiger partial charge in [-0.25, -0.2) is 0 Å². The average Bonchev–Trinajstić information content (AvgIpc) is 1.65. The van der Waals surface area contributed by atoms with Gasteiger partial charge in [-0.05, 0) is 24.4 Å². The molecule has 0 aromatic rings. The predicted molar refractivity (Wildman–Crippen MR) is 40.2 cm³/mol. The lowest BCUT2D eigenvalue weighted by Crippen LogP contribution is -2.18. The van der Waals surface area contributed by atoms with E-state index < -0.39 is 0 Å². The Labute approximate surface area is 57.7 Å². The Morgan fingerprint density at radius 3 is 1.62 bits per heavy atom. The van der Waals surface area contributed by atoms with Crippen molar-refractivity contribution in [1.82, 2.24) is 0 Å². The maximum atomic E-state index is 4.62. The quantitative estimate of drug-likeness (QED) is 0.181. The minimum atomic E-state index is 0.000000000000000222. The smallest absolute Gasteiger partial charge is 0.160 e. The highest BCUT2D eigenvalue weighted by Crippen LogP contribution is 1.32. The van der Waals surface area contributed by atoms with Gasteiger partial charge in [0.05, 0.1) is 5.16 Å². The van der Waals surface area contributed by atoms with Crippen LogP contribution in [0.1, 0.15) is 0 Å². The van der Waals surface area contributed by atoms with Crippen molar-refractivity contribution in [2.45, 2.75) is 0 Å². The van der Waals surface area contributed by atoms with Crippen molar-refractivity contribution in [2.24, 2.45) is 22.4 Å². The second-order valence-corrected chi connectivity index (χ2v) is 1.28. The zero-order valence-corrected chi connectivity index (χ0v) is 5.63. The van der Waals surface area contributed by atoms with E-state index in [0.29, 0.717) is 0 Å². The summed E-state index contributed by atoms with van der Waals surface area (Å²) >= 11 is 8.10. The van der Waals surface area contributed by atoms with Crippen molar-refractivity contribution in [2.75, 3.05) is 0 Å². The highest BCUT2D eigenvalue weighted by atomic mass is 32.1. The van der Waals surface area contributed by atoms with Crippen molar-refractivity contribution in [1.29, 1.82) is 0 Å². The molecule has 0 amide bonds. The number of hydrogen-bond acceptors (Lipinski definition) is 4. The van der Waals surface area contributed by atoms with Crippen molar-refractivity contribution < 1.29 is 0 Å². The number of rotatable bonds is 0. The molecule has 6 N–H and O–H groups in total. The topological polar surface area (TPSA) is 90.4 Å². The van der Waals surface area contributed by atoms with Gasteiger partial charge in [-0.2, -0.15) is 0 Å². The van der Waals surface area contributed by atoms with Gasteiger partial charge in [0.1, 0.15) is 0 Å². The number of nitrogens with two attached hydrogens (primary N) is 3. The fraction of sp³-hybridized carbons (Fsp3) is 0. The molecular formula is C2H6N4S2. The summed E-state index contributed by atoms with van der Waals surface area (Å²) in [7, 11) is 0. The first-order valence-corrected chi connectivity index (χ1v) is 2.28. The fourth-order valence-electron chi connectivity index (χ4n) is 0. The third-order valence-corrected chi connectivity index (χ3v) is 0.158. The van der Waals surface area contributed by atoms with Gasteiger partial charge in [0, 0.05) is 0 Å². The molecule has 0 rings (SSSR count). The first-order chi connectivity index (χ1) is 3.65. The monoisotopic (exact) mass is 150 g/mol. The van der Waals surface area contributed by atoms with E-state index in [1.165, 1.54) is 0 Å². The van der Waals surface area contributed by atoms with Gasteiger partial charge in [0.25, 0.3) is 0 Å². The number of hydrogen-bond donors (Lipinski definition) is 3. The molecule has 46 valence electrons. The molecule has 0 saturated heterocycles. The van der Waals surface area contributed by atoms with E-state index in [2.05, 4.69) is 46.8 Å². The molecule has 0 aliphatic heterocycles.